The number of aliphatic hydroxyl groups is 1. The fraction of sp³-hybridized carbons (Fsp3) is 0.280. The van der Waals surface area contributed by atoms with Crippen LogP contribution < -0.4 is 16.8 Å². The molecule has 0 radical (unpaired) electrons. The van der Waals surface area contributed by atoms with Crippen molar-refractivity contribution in [3.63, 3.8) is 0 Å². The lowest BCUT2D eigenvalue weighted by Gasteiger charge is -2.10. The van der Waals surface area contributed by atoms with Crippen LogP contribution in [0.1, 0.15) is 22.8 Å². The molecule has 192 valence electrons. The summed E-state index contributed by atoms with van der Waals surface area (Å²) in [6.45, 7) is 1.50. The highest BCUT2D eigenvalue weighted by molar-refractivity contribution is 5.42. The molecule has 0 unspecified atom stereocenters. The van der Waals surface area contributed by atoms with Crippen LogP contribution in [0, 0.1) is 0 Å². The maximum atomic E-state index is 9.48. The first-order valence-electron chi connectivity index (χ1n) is 10.9. The molecule has 3 aromatic rings. The summed E-state index contributed by atoms with van der Waals surface area (Å²) in [6, 6.07) is 13.7. The second kappa shape index (κ2) is 15.3. The van der Waals surface area contributed by atoms with Crippen molar-refractivity contribution in [2.75, 3.05) is 26.7 Å². The van der Waals surface area contributed by atoms with E-state index in [4.69, 9.17) is 42.1 Å². The number of phenols is 6. The number of benzene rings is 3. The van der Waals surface area contributed by atoms with E-state index in [1.165, 1.54) is 36.4 Å². The van der Waals surface area contributed by atoms with Gasteiger partial charge in [0.15, 0.2) is 34.5 Å². The quantitative estimate of drug-likeness (QED) is 0.217. The van der Waals surface area contributed by atoms with Crippen LogP contribution in [-0.2, 0) is 12.8 Å². The van der Waals surface area contributed by atoms with Gasteiger partial charge in [-0.05, 0) is 86.1 Å². The Morgan fingerprint density at radius 2 is 1.03 bits per heavy atom. The smallest absolute Gasteiger partial charge is 0.157 e. The van der Waals surface area contributed by atoms with Crippen LogP contribution in [0.15, 0.2) is 54.6 Å². The molecule has 12 N–H and O–H groups in total. The van der Waals surface area contributed by atoms with Crippen molar-refractivity contribution in [2.45, 2.75) is 18.9 Å². The van der Waals surface area contributed by atoms with Gasteiger partial charge in [-0.25, -0.2) is 0 Å². The van der Waals surface area contributed by atoms with Crippen molar-refractivity contribution in [1.82, 2.24) is 5.32 Å². The largest absolute Gasteiger partial charge is 0.504 e. The van der Waals surface area contributed by atoms with Gasteiger partial charge in [0, 0.05) is 6.54 Å². The Balaban J connectivity index is 0.000000264. The Morgan fingerprint density at radius 3 is 1.37 bits per heavy atom. The van der Waals surface area contributed by atoms with E-state index in [1.807, 2.05) is 0 Å². The molecule has 0 bridgehead atoms. The van der Waals surface area contributed by atoms with Crippen LogP contribution in [0.5, 0.6) is 34.5 Å². The molecule has 0 saturated carbocycles. The standard InChI is InChI=1S/C9H13NO3.2C8H11NO2/c1-10-5-9(13)6-2-3-7(11)8(12)4-6;2*9-4-3-6-1-2-7(10)8(11)5-6/h2-4,9-13H,5H2,1H3;2*1-2,5,10-11H,3-4,9H2/t9-;;/m0../s1. The zero-order chi connectivity index (χ0) is 26.4. The minimum atomic E-state index is -0.670. The van der Waals surface area contributed by atoms with E-state index in [9.17, 15) is 5.11 Å². The molecule has 1 atom stereocenters. The fourth-order valence-corrected chi connectivity index (χ4v) is 2.84. The lowest BCUT2D eigenvalue weighted by molar-refractivity contribution is 0.177. The van der Waals surface area contributed by atoms with Crippen molar-refractivity contribution in [3.05, 3.63) is 71.3 Å². The number of aliphatic hydroxyl groups excluding tert-OH is 1. The van der Waals surface area contributed by atoms with Crippen molar-refractivity contribution in [2.24, 2.45) is 11.5 Å². The average molecular weight is 490 g/mol. The number of rotatable bonds is 7. The van der Waals surface area contributed by atoms with Gasteiger partial charge in [0.05, 0.1) is 6.10 Å². The van der Waals surface area contributed by atoms with E-state index >= 15 is 0 Å². The van der Waals surface area contributed by atoms with Gasteiger partial charge in [0.1, 0.15) is 0 Å². The van der Waals surface area contributed by atoms with Gasteiger partial charge in [-0.3, -0.25) is 0 Å². The predicted octanol–water partition coefficient (Wildman–Crippen LogP) is 1.55. The molecule has 10 heteroatoms. The zero-order valence-corrected chi connectivity index (χ0v) is 19.6. The van der Waals surface area contributed by atoms with Crippen molar-refractivity contribution < 1.29 is 35.7 Å². The van der Waals surface area contributed by atoms with Gasteiger partial charge in [-0.1, -0.05) is 18.2 Å². The van der Waals surface area contributed by atoms with Crippen LogP contribution in [0.4, 0.5) is 0 Å². The fourth-order valence-electron chi connectivity index (χ4n) is 2.84. The summed E-state index contributed by atoms with van der Waals surface area (Å²) >= 11 is 0. The molecule has 0 saturated heterocycles. The van der Waals surface area contributed by atoms with Crippen molar-refractivity contribution >= 4 is 0 Å². The van der Waals surface area contributed by atoms with Crippen LogP contribution in [0.3, 0.4) is 0 Å². The first kappa shape index (κ1) is 29.3. The van der Waals surface area contributed by atoms with E-state index in [2.05, 4.69) is 5.32 Å². The van der Waals surface area contributed by atoms with E-state index in [0.717, 1.165) is 11.1 Å². The molecule has 0 fully saturated rings. The molecule has 0 aliphatic carbocycles. The molecule has 10 nitrogen and oxygen atoms in total. The summed E-state index contributed by atoms with van der Waals surface area (Å²) in [6.07, 6.45) is 0.762. The number of nitrogens with one attached hydrogen (secondary N) is 1. The third-order valence-corrected chi connectivity index (χ3v) is 4.73. The molecule has 0 heterocycles. The Hall–Kier alpha value is -3.70. The zero-order valence-electron chi connectivity index (χ0n) is 19.6. The van der Waals surface area contributed by atoms with Crippen molar-refractivity contribution in [3.8, 4) is 34.5 Å². The van der Waals surface area contributed by atoms with Gasteiger partial charge >= 0.3 is 0 Å². The number of hydrogen-bond donors (Lipinski definition) is 10. The van der Waals surface area contributed by atoms with Crippen LogP contribution in [0.25, 0.3) is 0 Å². The van der Waals surface area contributed by atoms with E-state index < -0.39 is 6.10 Å². The Kier molecular flexibility index (Phi) is 12.8. The Labute approximate surface area is 204 Å². The first-order valence-corrected chi connectivity index (χ1v) is 10.9. The summed E-state index contributed by atoms with van der Waals surface area (Å²) in [7, 11) is 1.73. The minimum absolute atomic E-state index is 0.0871. The molecule has 3 rings (SSSR count). The monoisotopic (exact) mass is 489 g/mol. The van der Waals surface area contributed by atoms with E-state index in [0.29, 0.717) is 38.0 Å². The molecule has 0 aromatic heterocycles. The minimum Gasteiger partial charge on any atom is -0.504 e. The molecule has 0 aliphatic heterocycles. The highest BCUT2D eigenvalue weighted by atomic mass is 16.3. The van der Waals surface area contributed by atoms with Gasteiger partial charge < -0.3 is 52.5 Å². The lowest BCUT2D eigenvalue weighted by Crippen LogP contribution is -2.16. The SMILES string of the molecule is CNC[C@H](O)c1ccc(O)c(O)c1.NCCc1ccc(O)c(O)c1.NCCc1ccc(O)c(O)c1. The van der Waals surface area contributed by atoms with Gasteiger partial charge in [0.25, 0.3) is 0 Å². The summed E-state index contributed by atoms with van der Waals surface area (Å²) in [5.41, 5.74) is 13.0. The Bertz CT molecular complexity index is 994. The third-order valence-electron chi connectivity index (χ3n) is 4.73. The molecular weight excluding hydrogens is 454 g/mol. The van der Waals surface area contributed by atoms with E-state index in [1.54, 1.807) is 25.2 Å². The number of hydrogen-bond acceptors (Lipinski definition) is 10. The maximum Gasteiger partial charge on any atom is 0.157 e. The molecule has 35 heavy (non-hydrogen) atoms. The normalized spacial score (nSPS) is 11.0. The first-order chi connectivity index (χ1) is 16.6. The van der Waals surface area contributed by atoms with Crippen molar-refractivity contribution in [1.29, 1.82) is 0 Å². The van der Waals surface area contributed by atoms with Crippen LogP contribution >= 0.6 is 0 Å². The van der Waals surface area contributed by atoms with Gasteiger partial charge in [0.2, 0.25) is 0 Å². The summed E-state index contributed by atoms with van der Waals surface area (Å²) in [5.74, 6) is -0.753. The van der Waals surface area contributed by atoms with Crippen LogP contribution in [-0.4, -0.2) is 62.4 Å². The van der Waals surface area contributed by atoms with Gasteiger partial charge in [-0.15, -0.1) is 0 Å². The molecule has 0 aliphatic rings. The topological polar surface area (TPSA) is 206 Å². The summed E-state index contributed by atoms with van der Waals surface area (Å²) in [4.78, 5) is 0. The molecule has 0 spiro atoms. The Morgan fingerprint density at radius 1 is 0.629 bits per heavy atom. The molecular formula is C25H35N3O7. The number of likely N-dealkylation sites (N-methyl/N-ethyl adjacent to an activating group) is 1. The molecule has 3 aromatic carbocycles. The lowest BCUT2D eigenvalue weighted by atomic mass is 10.1. The highest BCUT2D eigenvalue weighted by Gasteiger charge is 2.08. The highest BCUT2D eigenvalue weighted by Crippen LogP contribution is 2.27. The van der Waals surface area contributed by atoms with Crippen LogP contribution in [0.2, 0.25) is 0 Å². The predicted molar refractivity (Wildman–Crippen MR) is 134 cm³/mol. The third kappa shape index (κ3) is 10.4. The van der Waals surface area contributed by atoms with E-state index in [-0.39, 0.29) is 34.5 Å². The second-order valence-electron chi connectivity index (χ2n) is 7.55. The van der Waals surface area contributed by atoms with Gasteiger partial charge in [-0.2, -0.15) is 0 Å². The molecule has 0 amide bonds. The number of nitrogens with two attached hydrogens (primary N) is 2. The summed E-state index contributed by atoms with van der Waals surface area (Å²) < 4.78 is 0. The average Bonchev–Trinajstić information content (AvgIpc) is 2.82. The number of aromatic hydroxyl groups is 6. The second-order valence-corrected chi connectivity index (χ2v) is 7.55. The number of phenolic OH excluding ortho intramolecular Hbond substituents is 6. The summed E-state index contributed by atoms with van der Waals surface area (Å²) in [5, 5.41) is 66.4. The maximum absolute atomic E-state index is 9.48.